The van der Waals surface area contributed by atoms with Crippen LogP contribution < -0.4 is 0 Å². The Kier molecular flexibility index (Phi) is 3.81. The van der Waals surface area contributed by atoms with Gasteiger partial charge in [0, 0.05) is 16.6 Å². The first-order valence-electron chi connectivity index (χ1n) is 5.83. The Morgan fingerprint density at radius 1 is 1.16 bits per heavy atom. The van der Waals surface area contributed by atoms with Crippen molar-refractivity contribution in [2.75, 3.05) is 0 Å². The summed E-state index contributed by atoms with van der Waals surface area (Å²) in [5.74, 6) is 0.179. The highest BCUT2D eigenvalue weighted by atomic mass is 79.9. The number of aliphatic imine (C=N–C) groups is 1. The number of benzene rings is 1. The van der Waals surface area contributed by atoms with E-state index in [1.54, 1.807) is 12.3 Å². The molecule has 1 aromatic carbocycles. The largest absolute Gasteiger partial charge is 0.344 e. The molecule has 1 aromatic rings. The lowest BCUT2D eigenvalue weighted by Gasteiger charge is -2.30. The molecule has 0 saturated heterocycles. The SMILES string of the molecule is Clc1ccc(C2C=CC3C=C(Br)C=NC3O2)cc1Cl. The van der Waals surface area contributed by atoms with Crippen molar-refractivity contribution in [3.8, 4) is 0 Å². The van der Waals surface area contributed by atoms with E-state index in [0.717, 1.165) is 10.0 Å². The Morgan fingerprint density at radius 3 is 2.79 bits per heavy atom. The van der Waals surface area contributed by atoms with Crippen LogP contribution in [0.4, 0.5) is 0 Å². The zero-order chi connectivity index (χ0) is 13.4. The van der Waals surface area contributed by atoms with E-state index in [-0.39, 0.29) is 18.2 Å². The lowest BCUT2D eigenvalue weighted by atomic mass is 9.98. The molecule has 19 heavy (non-hydrogen) atoms. The first-order chi connectivity index (χ1) is 9.13. The van der Waals surface area contributed by atoms with Gasteiger partial charge in [-0.05, 0) is 33.6 Å². The minimum atomic E-state index is -0.175. The van der Waals surface area contributed by atoms with Crippen LogP contribution >= 0.6 is 39.1 Å². The van der Waals surface area contributed by atoms with E-state index in [4.69, 9.17) is 27.9 Å². The summed E-state index contributed by atoms with van der Waals surface area (Å²) >= 11 is 15.4. The van der Waals surface area contributed by atoms with Crippen LogP contribution in [0.5, 0.6) is 0 Å². The van der Waals surface area contributed by atoms with Gasteiger partial charge in [0.05, 0.1) is 10.0 Å². The summed E-state index contributed by atoms with van der Waals surface area (Å²) in [6.45, 7) is 0. The van der Waals surface area contributed by atoms with Crippen LogP contribution in [0.1, 0.15) is 11.7 Å². The molecule has 0 spiro atoms. The molecule has 2 aliphatic heterocycles. The zero-order valence-electron chi connectivity index (χ0n) is 9.76. The number of allylic oxidation sites excluding steroid dienone is 1. The summed E-state index contributed by atoms with van der Waals surface area (Å²) in [7, 11) is 0. The molecule has 0 aromatic heterocycles. The quantitative estimate of drug-likeness (QED) is 0.652. The highest BCUT2D eigenvalue weighted by Crippen LogP contribution is 2.35. The van der Waals surface area contributed by atoms with E-state index in [1.807, 2.05) is 18.2 Å². The predicted octanol–water partition coefficient (Wildman–Crippen LogP) is 4.93. The summed E-state index contributed by atoms with van der Waals surface area (Å²) < 4.78 is 6.95. The summed E-state index contributed by atoms with van der Waals surface area (Å²) in [5.41, 5.74) is 0.980. The number of nitrogens with zero attached hydrogens (tertiary/aromatic N) is 1. The molecule has 0 bridgehead atoms. The first-order valence-corrected chi connectivity index (χ1v) is 7.37. The van der Waals surface area contributed by atoms with Gasteiger partial charge < -0.3 is 4.74 Å². The Labute approximate surface area is 129 Å². The van der Waals surface area contributed by atoms with E-state index in [2.05, 4.69) is 33.1 Å². The molecular weight excluding hydrogens is 349 g/mol. The van der Waals surface area contributed by atoms with Crippen molar-refractivity contribution in [2.24, 2.45) is 10.9 Å². The van der Waals surface area contributed by atoms with Crippen LogP contribution in [0.15, 0.2) is 45.9 Å². The fourth-order valence-corrected chi connectivity index (χ4v) is 2.86. The maximum atomic E-state index is 6.03. The zero-order valence-corrected chi connectivity index (χ0v) is 12.9. The number of fused-ring (bicyclic) bond motifs is 1. The molecule has 0 N–H and O–H groups in total. The molecule has 3 rings (SSSR count). The molecule has 2 aliphatic rings. The third-order valence-electron chi connectivity index (χ3n) is 3.09. The van der Waals surface area contributed by atoms with E-state index in [0.29, 0.717) is 10.0 Å². The molecule has 2 nitrogen and oxygen atoms in total. The Morgan fingerprint density at radius 2 is 2.00 bits per heavy atom. The minimum Gasteiger partial charge on any atom is -0.344 e. The van der Waals surface area contributed by atoms with Gasteiger partial charge >= 0.3 is 0 Å². The number of dihydropyridines is 1. The first kappa shape index (κ1) is 13.4. The van der Waals surface area contributed by atoms with Crippen LogP contribution in [-0.4, -0.2) is 12.4 Å². The van der Waals surface area contributed by atoms with Crippen molar-refractivity contribution >= 4 is 45.3 Å². The highest BCUT2D eigenvalue weighted by Gasteiger charge is 2.28. The predicted molar refractivity (Wildman–Crippen MR) is 82.2 cm³/mol. The van der Waals surface area contributed by atoms with Crippen molar-refractivity contribution in [3.05, 3.63) is 56.5 Å². The summed E-state index contributed by atoms with van der Waals surface area (Å²) in [4.78, 5) is 4.38. The summed E-state index contributed by atoms with van der Waals surface area (Å²) in [6.07, 6.45) is 7.67. The van der Waals surface area contributed by atoms with E-state index >= 15 is 0 Å². The molecule has 0 aliphatic carbocycles. The molecule has 0 fully saturated rings. The fourth-order valence-electron chi connectivity index (χ4n) is 2.13. The molecule has 0 amide bonds. The average molecular weight is 359 g/mol. The van der Waals surface area contributed by atoms with Crippen LogP contribution in [0.2, 0.25) is 10.0 Å². The Balaban J connectivity index is 1.86. The van der Waals surface area contributed by atoms with Crippen LogP contribution in [-0.2, 0) is 4.74 Å². The van der Waals surface area contributed by atoms with Gasteiger partial charge in [-0.25, -0.2) is 0 Å². The molecule has 98 valence electrons. The normalized spacial score (nSPS) is 29.0. The lowest BCUT2D eigenvalue weighted by molar-refractivity contribution is -0.00736. The second-order valence-electron chi connectivity index (χ2n) is 4.41. The molecular formula is C14H10BrCl2NO. The van der Waals surface area contributed by atoms with E-state index in [9.17, 15) is 0 Å². The number of hydrogen-bond donors (Lipinski definition) is 0. The van der Waals surface area contributed by atoms with Crippen molar-refractivity contribution in [1.29, 1.82) is 0 Å². The van der Waals surface area contributed by atoms with Crippen molar-refractivity contribution in [1.82, 2.24) is 0 Å². The van der Waals surface area contributed by atoms with E-state index < -0.39 is 0 Å². The average Bonchev–Trinajstić information content (AvgIpc) is 2.41. The molecule has 3 atom stereocenters. The standard InChI is InChI=1S/C14H10BrCl2NO/c15-10-5-9-2-4-13(19-14(9)18-7-10)8-1-3-11(16)12(17)6-8/h1-7,9,13-14H. The van der Waals surface area contributed by atoms with Gasteiger partial charge in [-0.1, -0.05) is 47.5 Å². The maximum absolute atomic E-state index is 6.03. The molecule has 5 heteroatoms. The smallest absolute Gasteiger partial charge is 0.159 e. The molecule has 0 radical (unpaired) electrons. The van der Waals surface area contributed by atoms with Gasteiger partial charge in [-0.15, -0.1) is 0 Å². The number of hydrogen-bond acceptors (Lipinski definition) is 2. The second kappa shape index (κ2) is 5.41. The van der Waals surface area contributed by atoms with Gasteiger partial charge in [-0.3, -0.25) is 4.99 Å². The van der Waals surface area contributed by atoms with Gasteiger partial charge in [-0.2, -0.15) is 0 Å². The topological polar surface area (TPSA) is 21.6 Å². The fraction of sp³-hybridized carbons (Fsp3) is 0.214. The second-order valence-corrected chi connectivity index (χ2v) is 6.14. The van der Waals surface area contributed by atoms with Gasteiger partial charge in [0.25, 0.3) is 0 Å². The van der Waals surface area contributed by atoms with Gasteiger partial charge in [0.2, 0.25) is 0 Å². The van der Waals surface area contributed by atoms with Crippen molar-refractivity contribution in [3.63, 3.8) is 0 Å². The monoisotopic (exact) mass is 357 g/mol. The summed E-state index contributed by atoms with van der Waals surface area (Å²) in [5, 5.41) is 1.08. The van der Waals surface area contributed by atoms with Crippen LogP contribution in [0, 0.1) is 5.92 Å². The molecule has 2 heterocycles. The molecule has 3 unspecified atom stereocenters. The van der Waals surface area contributed by atoms with Crippen molar-refractivity contribution in [2.45, 2.75) is 12.3 Å². The van der Waals surface area contributed by atoms with Crippen molar-refractivity contribution < 1.29 is 4.74 Å². The molecule has 0 saturated carbocycles. The minimum absolute atomic E-state index is 0.140. The van der Waals surface area contributed by atoms with Crippen LogP contribution in [0.3, 0.4) is 0 Å². The Bertz CT molecular complexity index is 597. The number of ether oxygens (including phenoxy) is 1. The maximum Gasteiger partial charge on any atom is 0.159 e. The van der Waals surface area contributed by atoms with Gasteiger partial charge in [0.15, 0.2) is 6.23 Å². The third-order valence-corrected chi connectivity index (χ3v) is 4.30. The lowest BCUT2D eigenvalue weighted by Crippen LogP contribution is -2.27. The highest BCUT2D eigenvalue weighted by molar-refractivity contribution is 9.12. The van der Waals surface area contributed by atoms with E-state index in [1.165, 1.54) is 0 Å². The third kappa shape index (κ3) is 2.79. The van der Waals surface area contributed by atoms with Crippen LogP contribution in [0.25, 0.3) is 0 Å². The number of rotatable bonds is 1. The number of halogens is 3. The Hall–Kier alpha value is -0.610. The summed E-state index contributed by atoms with van der Waals surface area (Å²) in [6, 6.07) is 5.53. The van der Waals surface area contributed by atoms with Gasteiger partial charge in [0.1, 0.15) is 6.10 Å².